The van der Waals surface area contributed by atoms with Gasteiger partial charge in [-0.2, -0.15) is 0 Å². The molecular formula is C10H17ClN2O2. The molecule has 1 saturated heterocycles. The third-order valence-electron chi connectivity index (χ3n) is 2.47. The third kappa shape index (κ3) is 3.19. The largest absolute Gasteiger partial charge is 0.444 e. The topological polar surface area (TPSA) is 38.5 Å². The quantitative estimate of drug-likeness (QED) is 0.776. The van der Waals surface area contributed by atoms with Crippen LogP contribution in [-0.2, 0) is 11.3 Å². The molecule has 1 aromatic heterocycles. The average molecular weight is 233 g/mol. The van der Waals surface area contributed by atoms with Crippen molar-refractivity contribution in [2.75, 3.05) is 26.3 Å². The predicted molar refractivity (Wildman–Crippen MR) is 59.3 cm³/mol. The Labute approximate surface area is 96.0 Å². The molecule has 15 heavy (non-hydrogen) atoms. The Bertz CT molecular complexity index is 308. The van der Waals surface area contributed by atoms with Crippen LogP contribution in [-0.4, -0.2) is 36.2 Å². The van der Waals surface area contributed by atoms with Crippen molar-refractivity contribution in [3.05, 3.63) is 17.3 Å². The first-order valence-corrected chi connectivity index (χ1v) is 4.99. The number of aryl methyl sites for hydroxylation is 2. The average Bonchev–Trinajstić information content (AvgIpc) is 2.47. The highest BCUT2D eigenvalue weighted by molar-refractivity contribution is 5.85. The number of morpholine rings is 1. The van der Waals surface area contributed by atoms with Gasteiger partial charge in [0.15, 0.2) is 5.89 Å². The summed E-state index contributed by atoms with van der Waals surface area (Å²) < 4.78 is 10.8. The number of rotatable bonds is 2. The van der Waals surface area contributed by atoms with Gasteiger partial charge in [0.05, 0.1) is 25.5 Å². The van der Waals surface area contributed by atoms with E-state index in [0.29, 0.717) is 0 Å². The van der Waals surface area contributed by atoms with E-state index in [-0.39, 0.29) is 12.4 Å². The number of ether oxygens (including phenoxy) is 1. The van der Waals surface area contributed by atoms with Crippen LogP contribution in [0, 0.1) is 13.8 Å². The van der Waals surface area contributed by atoms with Gasteiger partial charge < -0.3 is 9.15 Å². The number of halogens is 1. The second-order valence-electron chi connectivity index (χ2n) is 3.63. The molecule has 0 amide bonds. The van der Waals surface area contributed by atoms with Gasteiger partial charge in [0, 0.05) is 20.0 Å². The summed E-state index contributed by atoms with van der Waals surface area (Å²) in [7, 11) is 0. The van der Waals surface area contributed by atoms with Crippen molar-refractivity contribution in [2.45, 2.75) is 20.4 Å². The zero-order valence-corrected chi connectivity index (χ0v) is 9.97. The molecule has 0 bridgehead atoms. The molecule has 0 aromatic carbocycles. The molecule has 4 nitrogen and oxygen atoms in total. The Hall–Kier alpha value is -0.580. The predicted octanol–water partition coefficient (Wildman–Crippen LogP) is 1.55. The smallest absolute Gasteiger partial charge is 0.191 e. The molecule has 0 N–H and O–H groups in total. The van der Waals surface area contributed by atoms with E-state index >= 15 is 0 Å². The van der Waals surface area contributed by atoms with Crippen LogP contribution in [0.4, 0.5) is 0 Å². The van der Waals surface area contributed by atoms with Crippen LogP contribution in [0.25, 0.3) is 0 Å². The van der Waals surface area contributed by atoms with E-state index in [9.17, 15) is 0 Å². The highest BCUT2D eigenvalue weighted by Gasteiger charge is 2.14. The van der Waals surface area contributed by atoms with E-state index in [1.165, 1.54) is 0 Å². The zero-order valence-electron chi connectivity index (χ0n) is 9.15. The minimum absolute atomic E-state index is 0. The Kier molecular flexibility index (Phi) is 4.57. The molecule has 2 heterocycles. The Balaban J connectivity index is 0.00000112. The lowest BCUT2D eigenvalue weighted by atomic mass is 10.3. The van der Waals surface area contributed by atoms with E-state index in [0.717, 1.165) is 50.2 Å². The summed E-state index contributed by atoms with van der Waals surface area (Å²) in [5.41, 5.74) is 1.01. The number of oxazole rings is 1. The number of aromatic nitrogens is 1. The summed E-state index contributed by atoms with van der Waals surface area (Å²) >= 11 is 0. The molecule has 1 aromatic rings. The molecule has 0 unspecified atom stereocenters. The van der Waals surface area contributed by atoms with Crippen LogP contribution in [0.15, 0.2) is 4.42 Å². The first kappa shape index (κ1) is 12.5. The van der Waals surface area contributed by atoms with Crippen LogP contribution in [0.5, 0.6) is 0 Å². The summed E-state index contributed by atoms with van der Waals surface area (Å²) in [5.74, 6) is 1.75. The lowest BCUT2D eigenvalue weighted by Crippen LogP contribution is -2.35. The van der Waals surface area contributed by atoms with Gasteiger partial charge in [0.2, 0.25) is 0 Å². The van der Waals surface area contributed by atoms with Crippen molar-refractivity contribution in [3.8, 4) is 0 Å². The standard InChI is InChI=1S/C10H16N2O2.ClH/c1-8-10(14-9(2)11-8)7-12-3-5-13-6-4-12;/h3-7H2,1-2H3;1H. The maximum Gasteiger partial charge on any atom is 0.191 e. The lowest BCUT2D eigenvalue weighted by Gasteiger charge is -2.25. The summed E-state index contributed by atoms with van der Waals surface area (Å²) in [6, 6.07) is 0. The molecule has 0 atom stereocenters. The van der Waals surface area contributed by atoms with Crippen LogP contribution in [0.2, 0.25) is 0 Å². The molecule has 0 saturated carbocycles. The van der Waals surface area contributed by atoms with Crippen LogP contribution >= 0.6 is 12.4 Å². The SMILES string of the molecule is Cc1nc(C)c(CN2CCOCC2)o1.Cl. The number of hydrogen-bond donors (Lipinski definition) is 0. The highest BCUT2D eigenvalue weighted by Crippen LogP contribution is 2.12. The second kappa shape index (κ2) is 5.49. The summed E-state index contributed by atoms with van der Waals surface area (Å²) in [6.07, 6.45) is 0. The highest BCUT2D eigenvalue weighted by atomic mass is 35.5. The van der Waals surface area contributed by atoms with Crippen LogP contribution < -0.4 is 0 Å². The van der Waals surface area contributed by atoms with Gasteiger partial charge in [-0.05, 0) is 6.92 Å². The van der Waals surface area contributed by atoms with Crippen LogP contribution in [0.3, 0.4) is 0 Å². The molecule has 0 spiro atoms. The third-order valence-corrected chi connectivity index (χ3v) is 2.47. The van der Waals surface area contributed by atoms with Crippen molar-refractivity contribution in [2.24, 2.45) is 0 Å². The fourth-order valence-corrected chi connectivity index (χ4v) is 1.68. The normalized spacial score (nSPS) is 17.5. The number of hydrogen-bond acceptors (Lipinski definition) is 4. The van der Waals surface area contributed by atoms with Crippen molar-refractivity contribution in [1.29, 1.82) is 0 Å². The molecular weight excluding hydrogens is 216 g/mol. The van der Waals surface area contributed by atoms with Crippen molar-refractivity contribution < 1.29 is 9.15 Å². The molecule has 0 radical (unpaired) electrons. The molecule has 1 aliphatic heterocycles. The van der Waals surface area contributed by atoms with Gasteiger partial charge in [0.25, 0.3) is 0 Å². The summed E-state index contributed by atoms with van der Waals surface area (Å²) in [4.78, 5) is 6.58. The Morgan fingerprint density at radius 3 is 2.47 bits per heavy atom. The summed E-state index contributed by atoms with van der Waals surface area (Å²) in [6.45, 7) is 8.36. The van der Waals surface area contributed by atoms with E-state index in [1.54, 1.807) is 0 Å². The Morgan fingerprint density at radius 2 is 1.93 bits per heavy atom. The molecule has 1 fully saturated rings. The molecule has 86 valence electrons. The molecule has 2 rings (SSSR count). The van der Waals surface area contributed by atoms with Gasteiger partial charge in [-0.3, -0.25) is 4.90 Å². The van der Waals surface area contributed by atoms with Crippen molar-refractivity contribution in [1.82, 2.24) is 9.88 Å². The fraction of sp³-hybridized carbons (Fsp3) is 0.700. The van der Waals surface area contributed by atoms with E-state index in [4.69, 9.17) is 9.15 Å². The van der Waals surface area contributed by atoms with Gasteiger partial charge in [-0.15, -0.1) is 12.4 Å². The van der Waals surface area contributed by atoms with E-state index in [1.807, 2.05) is 13.8 Å². The van der Waals surface area contributed by atoms with E-state index in [2.05, 4.69) is 9.88 Å². The van der Waals surface area contributed by atoms with Gasteiger partial charge >= 0.3 is 0 Å². The minimum Gasteiger partial charge on any atom is -0.444 e. The molecule has 0 aliphatic carbocycles. The maximum atomic E-state index is 5.52. The van der Waals surface area contributed by atoms with Gasteiger partial charge in [-0.25, -0.2) is 4.98 Å². The monoisotopic (exact) mass is 232 g/mol. The summed E-state index contributed by atoms with van der Waals surface area (Å²) in [5, 5.41) is 0. The van der Waals surface area contributed by atoms with Gasteiger partial charge in [0.1, 0.15) is 5.76 Å². The zero-order chi connectivity index (χ0) is 9.97. The van der Waals surface area contributed by atoms with Crippen molar-refractivity contribution in [3.63, 3.8) is 0 Å². The Morgan fingerprint density at radius 1 is 1.27 bits per heavy atom. The molecule has 5 heteroatoms. The van der Waals surface area contributed by atoms with Gasteiger partial charge in [-0.1, -0.05) is 0 Å². The fourth-order valence-electron chi connectivity index (χ4n) is 1.68. The lowest BCUT2D eigenvalue weighted by molar-refractivity contribution is 0.0311. The second-order valence-corrected chi connectivity index (χ2v) is 3.63. The molecule has 1 aliphatic rings. The van der Waals surface area contributed by atoms with Crippen LogP contribution in [0.1, 0.15) is 17.3 Å². The maximum absolute atomic E-state index is 5.52. The first-order chi connectivity index (χ1) is 6.75. The number of nitrogens with zero attached hydrogens (tertiary/aromatic N) is 2. The first-order valence-electron chi connectivity index (χ1n) is 4.99. The minimum atomic E-state index is 0. The van der Waals surface area contributed by atoms with Crippen molar-refractivity contribution >= 4 is 12.4 Å². The van der Waals surface area contributed by atoms with E-state index < -0.39 is 0 Å².